The highest BCUT2D eigenvalue weighted by molar-refractivity contribution is 9.10. The number of hydrogen-bond acceptors (Lipinski definition) is 8. The molecule has 1 aliphatic heterocycles. The minimum atomic E-state index is -0.368. The summed E-state index contributed by atoms with van der Waals surface area (Å²) in [5.41, 5.74) is 2.85. The van der Waals surface area contributed by atoms with E-state index >= 15 is 0 Å². The number of benzene rings is 3. The fourth-order valence-electron chi connectivity index (χ4n) is 4.52. The molecule has 0 fully saturated rings. The van der Waals surface area contributed by atoms with Crippen molar-refractivity contribution < 1.29 is 23.5 Å². The second kappa shape index (κ2) is 13.4. The van der Waals surface area contributed by atoms with Crippen molar-refractivity contribution in [1.82, 2.24) is 25.1 Å². The van der Waals surface area contributed by atoms with Gasteiger partial charge in [0.2, 0.25) is 0 Å². The summed E-state index contributed by atoms with van der Waals surface area (Å²) in [6.07, 6.45) is 0.497. The van der Waals surface area contributed by atoms with Crippen molar-refractivity contribution in [2.45, 2.75) is 24.2 Å². The van der Waals surface area contributed by atoms with Crippen molar-refractivity contribution >= 4 is 45.2 Å². The molecule has 1 aromatic heterocycles. The molecule has 1 aliphatic rings. The predicted octanol–water partition coefficient (Wildman–Crippen LogP) is 5.13. The van der Waals surface area contributed by atoms with Gasteiger partial charge in [0.1, 0.15) is 17.3 Å². The lowest BCUT2D eigenvalue weighted by atomic mass is 9.98. The summed E-state index contributed by atoms with van der Waals surface area (Å²) in [6, 6.07) is 18.4. The van der Waals surface area contributed by atoms with E-state index in [1.165, 1.54) is 43.1 Å². The standard InChI is InChI=1S/C30H28BrFN6O4S/c1-37-27(16-33-29(40)20-12-23(41-2)14-24(13-20)42-3)34-35-30(37)43-17-28(39)38-26(19-6-10-22(32)11-7-19)15-25(36-38)18-4-8-21(31)9-5-18/h4-14,26H,15-17H2,1-3H3,(H,33,40)/t26-/m1/s1. The Balaban J connectivity index is 1.26. The summed E-state index contributed by atoms with van der Waals surface area (Å²) in [5, 5.41) is 17.9. The van der Waals surface area contributed by atoms with Gasteiger partial charge in [0.25, 0.3) is 11.8 Å². The van der Waals surface area contributed by atoms with E-state index in [2.05, 4.69) is 36.5 Å². The van der Waals surface area contributed by atoms with E-state index < -0.39 is 0 Å². The maximum absolute atomic E-state index is 13.6. The van der Waals surface area contributed by atoms with Crippen LogP contribution in [0.2, 0.25) is 0 Å². The molecule has 2 heterocycles. The number of amides is 2. The smallest absolute Gasteiger partial charge is 0.253 e. The number of hydrogen-bond donors (Lipinski definition) is 1. The van der Waals surface area contributed by atoms with Crippen LogP contribution in [0.4, 0.5) is 4.39 Å². The number of methoxy groups -OCH3 is 2. The zero-order chi connectivity index (χ0) is 30.5. The molecule has 1 atom stereocenters. The molecule has 222 valence electrons. The first kappa shape index (κ1) is 30.2. The molecule has 1 N–H and O–H groups in total. The lowest BCUT2D eigenvalue weighted by Gasteiger charge is -2.22. The number of nitrogens with one attached hydrogen (secondary N) is 1. The third-order valence-corrected chi connectivity index (χ3v) is 8.40. The molecule has 5 rings (SSSR count). The van der Waals surface area contributed by atoms with E-state index in [0.717, 1.165) is 21.3 Å². The first-order valence-corrected chi connectivity index (χ1v) is 15.0. The van der Waals surface area contributed by atoms with Crippen LogP contribution >= 0.6 is 27.7 Å². The van der Waals surface area contributed by atoms with Gasteiger partial charge >= 0.3 is 0 Å². The van der Waals surface area contributed by atoms with Gasteiger partial charge in [-0.3, -0.25) is 9.59 Å². The summed E-state index contributed by atoms with van der Waals surface area (Å²) in [6.45, 7) is 0.121. The number of ether oxygens (including phenoxy) is 2. The molecule has 0 unspecified atom stereocenters. The van der Waals surface area contributed by atoms with Gasteiger partial charge in [0.05, 0.1) is 38.3 Å². The van der Waals surface area contributed by atoms with Crippen LogP contribution < -0.4 is 14.8 Å². The van der Waals surface area contributed by atoms with Crippen molar-refractivity contribution in [2.24, 2.45) is 12.1 Å². The van der Waals surface area contributed by atoms with Gasteiger partial charge in [-0.05, 0) is 47.5 Å². The molecule has 2 amide bonds. The van der Waals surface area contributed by atoms with Crippen molar-refractivity contribution in [3.8, 4) is 11.5 Å². The van der Waals surface area contributed by atoms with E-state index in [-0.39, 0.29) is 36.0 Å². The maximum Gasteiger partial charge on any atom is 0.253 e. The van der Waals surface area contributed by atoms with Crippen LogP contribution in [0, 0.1) is 5.82 Å². The number of carbonyl (C=O) groups is 2. The Labute approximate surface area is 260 Å². The Kier molecular flexibility index (Phi) is 9.41. The van der Waals surface area contributed by atoms with Crippen LogP contribution in [0.15, 0.2) is 81.5 Å². The molecule has 4 aromatic rings. The number of halogens is 2. The van der Waals surface area contributed by atoms with Gasteiger partial charge in [-0.25, -0.2) is 9.40 Å². The summed E-state index contributed by atoms with van der Waals surface area (Å²) in [7, 11) is 4.80. The molecule has 0 radical (unpaired) electrons. The van der Waals surface area contributed by atoms with E-state index in [9.17, 15) is 14.0 Å². The normalized spacial score (nSPS) is 14.4. The Morgan fingerprint density at radius 3 is 2.35 bits per heavy atom. The molecule has 3 aromatic carbocycles. The fraction of sp³-hybridized carbons (Fsp3) is 0.233. The highest BCUT2D eigenvalue weighted by Crippen LogP contribution is 2.34. The van der Waals surface area contributed by atoms with E-state index in [1.807, 2.05) is 24.3 Å². The van der Waals surface area contributed by atoms with Gasteiger partial charge < -0.3 is 19.4 Å². The quantitative estimate of drug-likeness (QED) is 0.234. The molecular formula is C30H28BrFN6O4S. The van der Waals surface area contributed by atoms with Crippen molar-refractivity contribution in [2.75, 3.05) is 20.0 Å². The largest absolute Gasteiger partial charge is 0.497 e. The monoisotopic (exact) mass is 666 g/mol. The van der Waals surface area contributed by atoms with Crippen LogP contribution in [-0.4, -0.2) is 57.3 Å². The van der Waals surface area contributed by atoms with Crippen molar-refractivity contribution in [3.05, 3.63) is 99.5 Å². The van der Waals surface area contributed by atoms with Crippen molar-refractivity contribution in [1.29, 1.82) is 0 Å². The minimum absolute atomic E-state index is 0.0523. The highest BCUT2D eigenvalue weighted by atomic mass is 79.9. The first-order valence-electron chi connectivity index (χ1n) is 13.2. The Morgan fingerprint density at radius 1 is 1.02 bits per heavy atom. The van der Waals surface area contributed by atoms with E-state index in [1.54, 1.807) is 41.9 Å². The number of hydrazone groups is 1. The van der Waals surface area contributed by atoms with E-state index in [0.29, 0.717) is 34.5 Å². The lowest BCUT2D eigenvalue weighted by Crippen LogP contribution is -2.28. The predicted molar refractivity (Wildman–Crippen MR) is 164 cm³/mol. The SMILES string of the molecule is COc1cc(OC)cc(C(=O)NCc2nnc(SCC(=O)N3N=C(c4ccc(Br)cc4)C[C@@H]3c3ccc(F)cc3)n2C)c1. The lowest BCUT2D eigenvalue weighted by molar-refractivity contribution is -0.130. The third-order valence-electron chi connectivity index (χ3n) is 6.87. The molecule has 0 spiro atoms. The fourth-order valence-corrected chi connectivity index (χ4v) is 5.57. The molecule has 0 saturated heterocycles. The average molecular weight is 668 g/mol. The maximum atomic E-state index is 13.6. The van der Waals surface area contributed by atoms with Crippen molar-refractivity contribution in [3.63, 3.8) is 0 Å². The topological polar surface area (TPSA) is 111 Å². The molecule has 43 heavy (non-hydrogen) atoms. The second-order valence-corrected chi connectivity index (χ2v) is 11.5. The molecule has 0 aliphatic carbocycles. The molecule has 13 heteroatoms. The van der Waals surface area contributed by atoms with Crippen LogP contribution in [0.1, 0.15) is 39.8 Å². The Morgan fingerprint density at radius 2 is 1.70 bits per heavy atom. The van der Waals surface area contributed by atoms with Gasteiger partial charge in [-0.2, -0.15) is 5.10 Å². The van der Waals surface area contributed by atoms with Crippen LogP contribution in [0.5, 0.6) is 11.5 Å². The number of nitrogens with zero attached hydrogens (tertiary/aromatic N) is 5. The Hall–Kier alpha value is -4.23. The number of carbonyl (C=O) groups excluding carboxylic acids is 2. The van der Waals surface area contributed by atoms with Gasteiger partial charge in [-0.1, -0.05) is 52.0 Å². The summed E-state index contributed by atoms with van der Waals surface area (Å²) >= 11 is 4.67. The molecule has 0 bridgehead atoms. The number of aromatic nitrogens is 3. The minimum Gasteiger partial charge on any atom is -0.497 e. The second-order valence-electron chi connectivity index (χ2n) is 9.59. The van der Waals surface area contributed by atoms with Gasteiger partial charge in [0.15, 0.2) is 11.0 Å². The summed E-state index contributed by atoms with van der Waals surface area (Å²) in [5.74, 6) is 0.664. The van der Waals surface area contributed by atoms with Gasteiger partial charge in [0, 0.05) is 29.6 Å². The highest BCUT2D eigenvalue weighted by Gasteiger charge is 2.33. The third kappa shape index (κ3) is 7.05. The molecule has 10 nitrogen and oxygen atoms in total. The van der Waals surface area contributed by atoms with Crippen LogP contribution in [0.25, 0.3) is 0 Å². The average Bonchev–Trinajstić information content (AvgIpc) is 3.62. The zero-order valence-corrected chi connectivity index (χ0v) is 26.0. The van der Waals surface area contributed by atoms with Crippen LogP contribution in [-0.2, 0) is 18.4 Å². The molecular weight excluding hydrogens is 639 g/mol. The summed E-state index contributed by atoms with van der Waals surface area (Å²) in [4.78, 5) is 26.3. The van der Waals surface area contributed by atoms with Crippen LogP contribution in [0.3, 0.4) is 0 Å². The van der Waals surface area contributed by atoms with E-state index in [4.69, 9.17) is 9.47 Å². The first-order chi connectivity index (χ1) is 20.7. The molecule has 0 saturated carbocycles. The summed E-state index contributed by atoms with van der Waals surface area (Å²) < 4.78 is 26.8. The number of rotatable bonds is 10. The number of thioether (sulfide) groups is 1. The van der Waals surface area contributed by atoms with Gasteiger partial charge in [-0.15, -0.1) is 10.2 Å². The zero-order valence-electron chi connectivity index (χ0n) is 23.6. The Bertz CT molecular complexity index is 1640.